The highest BCUT2D eigenvalue weighted by Gasteiger charge is 2.14. The molecule has 34 heavy (non-hydrogen) atoms. The quantitative estimate of drug-likeness (QED) is 0.264. The van der Waals surface area contributed by atoms with Crippen LogP contribution >= 0.6 is 35.4 Å². The summed E-state index contributed by atoms with van der Waals surface area (Å²) in [7, 11) is 0. The van der Waals surface area contributed by atoms with E-state index in [0.717, 1.165) is 28.6 Å². The van der Waals surface area contributed by atoms with Crippen LogP contribution in [0.2, 0.25) is 10.0 Å². The third-order valence-electron chi connectivity index (χ3n) is 5.59. The van der Waals surface area contributed by atoms with E-state index in [1.807, 2.05) is 12.1 Å². The molecule has 8 heteroatoms. The summed E-state index contributed by atoms with van der Waals surface area (Å²) in [5.41, 5.74) is 4.87. The van der Waals surface area contributed by atoms with Crippen molar-refractivity contribution in [2.24, 2.45) is 0 Å². The van der Waals surface area contributed by atoms with Crippen molar-refractivity contribution in [3.05, 3.63) is 81.8 Å². The van der Waals surface area contributed by atoms with Gasteiger partial charge in [-0.3, -0.25) is 4.79 Å². The van der Waals surface area contributed by atoms with Crippen LogP contribution in [0.4, 0.5) is 5.69 Å². The number of nitrogens with zero attached hydrogens (tertiary/aromatic N) is 1. The Balaban J connectivity index is 1.48. The van der Waals surface area contributed by atoms with E-state index in [4.69, 9.17) is 39.8 Å². The summed E-state index contributed by atoms with van der Waals surface area (Å²) in [4.78, 5) is 17.0. The van der Waals surface area contributed by atoms with Crippen molar-refractivity contribution in [2.75, 3.05) is 5.32 Å². The lowest BCUT2D eigenvalue weighted by molar-refractivity contribution is -0.119. The molecule has 0 aliphatic heterocycles. The molecule has 5 nitrogen and oxygen atoms in total. The number of hydrogen-bond acceptors (Lipinski definition) is 4. The third kappa shape index (κ3) is 5.76. The highest BCUT2D eigenvalue weighted by molar-refractivity contribution is 7.80. The monoisotopic (exact) mass is 511 g/mol. The number of thiocarbonyl (C=S) groups is 1. The molecule has 4 rings (SSSR count). The molecule has 0 aliphatic carbocycles. The zero-order chi connectivity index (χ0) is 24.2. The van der Waals surface area contributed by atoms with Gasteiger partial charge in [0.2, 0.25) is 11.8 Å². The lowest BCUT2D eigenvalue weighted by Gasteiger charge is -2.12. The lowest BCUT2D eigenvalue weighted by atomic mass is 9.98. The molecular formula is C26H23Cl2N3O2S. The van der Waals surface area contributed by atoms with Crippen LogP contribution < -0.4 is 10.6 Å². The number of carbonyl (C=O) groups is 1. The number of aromatic nitrogens is 1. The number of nitrogens with one attached hydrogen (secondary N) is 2. The highest BCUT2D eigenvalue weighted by atomic mass is 35.5. The molecule has 0 saturated heterocycles. The maximum absolute atomic E-state index is 12.3. The standard InChI is InChI=1S/C26H23Cl2N3O2S/c1-3-15(2)17-7-11-23-22(13-17)29-25(33-23)18-6-10-20(28)21(14-18)30-26(34)31-24(32)12-16-4-8-19(27)9-5-16/h4-11,13-15H,3,12H2,1-2H3,(H2,30,31,32,34)/t15-/m0/s1. The lowest BCUT2D eigenvalue weighted by Crippen LogP contribution is -2.35. The van der Waals surface area contributed by atoms with E-state index >= 15 is 0 Å². The second-order valence-corrected chi connectivity index (χ2v) is 9.31. The number of amides is 1. The maximum atomic E-state index is 12.3. The first kappa shape index (κ1) is 24.2. The Bertz CT molecular complexity index is 1350. The van der Waals surface area contributed by atoms with Gasteiger partial charge in [0.05, 0.1) is 17.1 Å². The Labute approximate surface area is 213 Å². The molecule has 0 spiro atoms. The molecule has 3 aromatic carbocycles. The van der Waals surface area contributed by atoms with E-state index in [0.29, 0.717) is 27.5 Å². The van der Waals surface area contributed by atoms with Gasteiger partial charge in [-0.25, -0.2) is 4.98 Å². The first-order chi connectivity index (χ1) is 16.3. The predicted octanol–water partition coefficient (Wildman–Crippen LogP) is 7.37. The van der Waals surface area contributed by atoms with Crippen molar-refractivity contribution in [3.63, 3.8) is 0 Å². The van der Waals surface area contributed by atoms with Crippen LogP contribution in [-0.2, 0) is 11.2 Å². The molecule has 1 atom stereocenters. The van der Waals surface area contributed by atoms with E-state index in [1.165, 1.54) is 5.56 Å². The number of halogens is 2. The Morgan fingerprint density at radius 3 is 2.59 bits per heavy atom. The number of anilines is 1. The van der Waals surface area contributed by atoms with Crippen LogP contribution in [0.3, 0.4) is 0 Å². The molecule has 1 aromatic heterocycles. The van der Waals surface area contributed by atoms with Crippen molar-refractivity contribution in [1.82, 2.24) is 10.3 Å². The fraction of sp³-hybridized carbons (Fsp3) is 0.192. The van der Waals surface area contributed by atoms with Crippen LogP contribution in [0.25, 0.3) is 22.6 Å². The maximum Gasteiger partial charge on any atom is 0.230 e. The van der Waals surface area contributed by atoms with Gasteiger partial charge in [0, 0.05) is 10.6 Å². The molecule has 0 fully saturated rings. The van der Waals surface area contributed by atoms with E-state index < -0.39 is 0 Å². The van der Waals surface area contributed by atoms with E-state index in [2.05, 4.69) is 41.6 Å². The van der Waals surface area contributed by atoms with Crippen molar-refractivity contribution in [1.29, 1.82) is 0 Å². The Morgan fingerprint density at radius 1 is 1.09 bits per heavy atom. The first-order valence-corrected chi connectivity index (χ1v) is 12.0. The second kappa shape index (κ2) is 10.6. The largest absolute Gasteiger partial charge is 0.436 e. The number of carbonyl (C=O) groups excluding carboxylic acids is 1. The van der Waals surface area contributed by atoms with Crippen molar-refractivity contribution in [2.45, 2.75) is 32.6 Å². The number of benzene rings is 3. The average Bonchev–Trinajstić information content (AvgIpc) is 3.24. The Morgan fingerprint density at radius 2 is 1.85 bits per heavy atom. The Hall–Kier alpha value is -2.93. The van der Waals surface area contributed by atoms with Crippen LogP contribution in [-0.4, -0.2) is 16.0 Å². The molecule has 2 N–H and O–H groups in total. The molecule has 0 radical (unpaired) electrons. The zero-order valence-corrected chi connectivity index (χ0v) is 21.0. The summed E-state index contributed by atoms with van der Waals surface area (Å²) in [6, 6.07) is 18.5. The summed E-state index contributed by atoms with van der Waals surface area (Å²) in [5.74, 6) is 0.684. The average molecular weight is 512 g/mol. The van der Waals surface area contributed by atoms with Gasteiger partial charge in [0.25, 0.3) is 0 Å². The van der Waals surface area contributed by atoms with Gasteiger partial charge in [0.15, 0.2) is 10.7 Å². The Kier molecular flexibility index (Phi) is 7.51. The van der Waals surface area contributed by atoms with Crippen molar-refractivity contribution >= 4 is 63.2 Å². The van der Waals surface area contributed by atoms with Crippen LogP contribution in [0.15, 0.2) is 65.1 Å². The van der Waals surface area contributed by atoms with Gasteiger partial charge < -0.3 is 15.1 Å². The predicted molar refractivity (Wildman–Crippen MR) is 143 cm³/mol. The minimum absolute atomic E-state index is 0.147. The first-order valence-electron chi connectivity index (χ1n) is 10.9. The highest BCUT2D eigenvalue weighted by Crippen LogP contribution is 2.31. The third-order valence-corrected chi connectivity index (χ3v) is 6.37. The molecule has 0 aliphatic rings. The minimum Gasteiger partial charge on any atom is -0.436 e. The van der Waals surface area contributed by atoms with Crippen LogP contribution in [0.5, 0.6) is 0 Å². The number of rotatable bonds is 6. The van der Waals surface area contributed by atoms with E-state index in [1.54, 1.807) is 36.4 Å². The molecule has 0 unspecified atom stereocenters. The van der Waals surface area contributed by atoms with Crippen molar-refractivity contribution in [3.8, 4) is 11.5 Å². The number of fused-ring (bicyclic) bond motifs is 1. The fourth-order valence-corrected chi connectivity index (χ4v) is 3.99. The summed E-state index contributed by atoms with van der Waals surface area (Å²) in [5, 5.41) is 6.88. The molecule has 174 valence electrons. The molecule has 0 bridgehead atoms. The van der Waals surface area contributed by atoms with Crippen molar-refractivity contribution < 1.29 is 9.21 Å². The number of oxazole rings is 1. The molecule has 4 aromatic rings. The van der Waals surface area contributed by atoms with Crippen LogP contribution in [0.1, 0.15) is 37.3 Å². The van der Waals surface area contributed by atoms with Gasteiger partial charge >= 0.3 is 0 Å². The molecular weight excluding hydrogens is 489 g/mol. The van der Waals surface area contributed by atoms with Crippen LogP contribution in [0, 0.1) is 0 Å². The summed E-state index contributed by atoms with van der Waals surface area (Å²) in [6.07, 6.45) is 1.23. The second-order valence-electron chi connectivity index (χ2n) is 8.06. The number of hydrogen-bond donors (Lipinski definition) is 2. The normalized spacial score (nSPS) is 11.9. The van der Waals surface area contributed by atoms with Gasteiger partial charge in [-0.05, 0) is 78.1 Å². The summed E-state index contributed by atoms with van der Waals surface area (Å²) >= 11 is 17.6. The smallest absolute Gasteiger partial charge is 0.230 e. The topological polar surface area (TPSA) is 67.2 Å². The van der Waals surface area contributed by atoms with Gasteiger partial charge in [-0.2, -0.15) is 0 Å². The summed E-state index contributed by atoms with van der Waals surface area (Å²) < 4.78 is 5.97. The summed E-state index contributed by atoms with van der Waals surface area (Å²) in [6.45, 7) is 4.35. The fourth-order valence-electron chi connectivity index (χ4n) is 3.48. The molecule has 1 amide bonds. The van der Waals surface area contributed by atoms with Gasteiger partial charge in [-0.15, -0.1) is 0 Å². The van der Waals surface area contributed by atoms with E-state index in [9.17, 15) is 4.79 Å². The molecule has 1 heterocycles. The SMILES string of the molecule is CC[C@H](C)c1ccc2oc(-c3ccc(Cl)c(NC(=S)NC(=O)Cc4ccc(Cl)cc4)c3)nc2c1. The van der Waals surface area contributed by atoms with Gasteiger partial charge in [-0.1, -0.05) is 55.2 Å². The molecule has 0 saturated carbocycles. The minimum atomic E-state index is -0.247. The zero-order valence-electron chi connectivity index (χ0n) is 18.7. The van der Waals surface area contributed by atoms with E-state index in [-0.39, 0.29) is 17.4 Å². The van der Waals surface area contributed by atoms with Gasteiger partial charge in [0.1, 0.15) is 5.52 Å².